The summed E-state index contributed by atoms with van der Waals surface area (Å²) in [5.74, 6) is 0.830. The van der Waals surface area contributed by atoms with E-state index in [1.54, 1.807) is 24.4 Å². The number of aromatic nitrogens is 1. The summed E-state index contributed by atoms with van der Waals surface area (Å²) in [4.78, 5) is 6.75. The predicted octanol–water partition coefficient (Wildman–Crippen LogP) is 3.06. The number of nitrogens with one attached hydrogen (secondary N) is 1. The molecule has 0 spiro atoms. The molecular formula is C19H25N3O3S. The van der Waals surface area contributed by atoms with Gasteiger partial charge >= 0.3 is 0 Å². The van der Waals surface area contributed by atoms with Crippen LogP contribution in [0.15, 0.2) is 47.5 Å². The molecule has 1 aromatic carbocycles. The number of nitrogens with zero attached hydrogens (tertiary/aromatic N) is 2. The molecule has 0 amide bonds. The molecule has 1 saturated heterocycles. The topological polar surface area (TPSA) is 71.5 Å². The number of aryl methyl sites for hydroxylation is 1. The molecule has 2 heterocycles. The van der Waals surface area contributed by atoms with Crippen molar-refractivity contribution in [3.8, 4) is 0 Å². The number of anilines is 2. The third-order valence-electron chi connectivity index (χ3n) is 4.39. The molecule has 0 bridgehead atoms. The van der Waals surface area contributed by atoms with Gasteiger partial charge in [-0.2, -0.15) is 0 Å². The minimum atomic E-state index is -3.61. The maximum Gasteiger partial charge on any atom is 0.261 e. The van der Waals surface area contributed by atoms with E-state index in [4.69, 9.17) is 4.74 Å². The second-order valence-corrected chi connectivity index (χ2v) is 8.04. The van der Waals surface area contributed by atoms with E-state index in [9.17, 15) is 8.42 Å². The van der Waals surface area contributed by atoms with Gasteiger partial charge in [0.2, 0.25) is 0 Å². The maximum absolute atomic E-state index is 12.5. The lowest BCUT2D eigenvalue weighted by Gasteiger charge is -2.27. The Morgan fingerprint density at radius 3 is 2.46 bits per heavy atom. The smallest absolute Gasteiger partial charge is 0.261 e. The second kappa shape index (κ2) is 8.51. The van der Waals surface area contributed by atoms with Gasteiger partial charge in [-0.1, -0.05) is 25.5 Å². The zero-order chi connectivity index (χ0) is 18.4. The molecular weight excluding hydrogens is 350 g/mol. The number of rotatable bonds is 7. The quantitative estimate of drug-likeness (QED) is 0.805. The van der Waals surface area contributed by atoms with Gasteiger partial charge in [0.1, 0.15) is 5.82 Å². The molecule has 1 aliphatic rings. The summed E-state index contributed by atoms with van der Waals surface area (Å²) in [5, 5.41) is 0. The molecule has 1 fully saturated rings. The molecule has 0 atom stereocenters. The summed E-state index contributed by atoms with van der Waals surface area (Å²) < 4.78 is 33.0. The summed E-state index contributed by atoms with van der Waals surface area (Å²) in [7, 11) is -3.61. The molecule has 0 radical (unpaired) electrons. The molecule has 3 rings (SSSR count). The Labute approximate surface area is 155 Å². The highest BCUT2D eigenvalue weighted by atomic mass is 32.2. The van der Waals surface area contributed by atoms with Crippen LogP contribution in [0, 0.1) is 0 Å². The number of morpholine rings is 1. The van der Waals surface area contributed by atoms with Crippen molar-refractivity contribution in [2.24, 2.45) is 0 Å². The van der Waals surface area contributed by atoms with Crippen molar-refractivity contribution in [2.75, 3.05) is 35.9 Å². The number of sulfonamides is 1. The average molecular weight is 375 g/mol. The fraction of sp³-hybridized carbons (Fsp3) is 0.421. The Morgan fingerprint density at radius 1 is 1.12 bits per heavy atom. The summed E-state index contributed by atoms with van der Waals surface area (Å²) in [6.45, 7) is 5.10. The lowest BCUT2D eigenvalue weighted by atomic mass is 10.1. The highest BCUT2D eigenvalue weighted by Gasteiger charge is 2.16. The summed E-state index contributed by atoms with van der Waals surface area (Å²) in [6.07, 6.45) is 4.75. The van der Waals surface area contributed by atoms with E-state index in [0.29, 0.717) is 18.9 Å². The minimum Gasteiger partial charge on any atom is -0.378 e. The van der Waals surface area contributed by atoms with Crippen LogP contribution >= 0.6 is 0 Å². The van der Waals surface area contributed by atoms with Gasteiger partial charge in [-0.05, 0) is 42.7 Å². The third kappa shape index (κ3) is 4.74. The molecule has 1 N–H and O–H groups in total. The third-order valence-corrected chi connectivity index (χ3v) is 5.79. The van der Waals surface area contributed by atoms with Crippen LogP contribution in [-0.2, 0) is 21.2 Å². The fourth-order valence-corrected chi connectivity index (χ4v) is 3.90. The molecule has 0 unspecified atom stereocenters. The van der Waals surface area contributed by atoms with Gasteiger partial charge in [-0.25, -0.2) is 13.4 Å². The second-order valence-electron chi connectivity index (χ2n) is 6.36. The van der Waals surface area contributed by atoms with Crippen molar-refractivity contribution in [2.45, 2.75) is 31.1 Å². The summed E-state index contributed by atoms with van der Waals surface area (Å²) in [6, 6.07) is 10.6. The Balaban J connectivity index is 1.66. The molecule has 7 heteroatoms. The van der Waals surface area contributed by atoms with Crippen molar-refractivity contribution in [3.05, 3.63) is 48.2 Å². The van der Waals surface area contributed by atoms with Gasteiger partial charge in [0.15, 0.2) is 0 Å². The molecule has 26 heavy (non-hydrogen) atoms. The Hall–Kier alpha value is -2.12. The van der Waals surface area contributed by atoms with Crippen molar-refractivity contribution in [3.63, 3.8) is 0 Å². The molecule has 140 valence electrons. The Kier molecular flexibility index (Phi) is 6.11. The zero-order valence-corrected chi connectivity index (χ0v) is 15.8. The highest BCUT2D eigenvalue weighted by Crippen LogP contribution is 2.19. The van der Waals surface area contributed by atoms with Gasteiger partial charge in [0.25, 0.3) is 10.0 Å². The zero-order valence-electron chi connectivity index (χ0n) is 15.0. The molecule has 1 aromatic heterocycles. The number of ether oxygens (including phenoxy) is 1. The monoisotopic (exact) mass is 375 g/mol. The predicted molar refractivity (Wildman–Crippen MR) is 103 cm³/mol. The molecule has 0 saturated carbocycles. The fourth-order valence-electron chi connectivity index (χ4n) is 2.86. The standard InChI is InChI=1S/C19H25N3O3S/c1-2-3-4-16-5-8-18(9-6-16)26(23,24)21-17-7-10-19(20-15-17)22-11-13-25-14-12-22/h5-10,15,21H,2-4,11-14H2,1H3. The van der Waals surface area contributed by atoms with E-state index in [0.717, 1.165) is 43.7 Å². The van der Waals surface area contributed by atoms with Crippen molar-refractivity contribution >= 4 is 21.5 Å². The first-order valence-corrected chi connectivity index (χ1v) is 10.5. The van der Waals surface area contributed by atoms with Crippen molar-refractivity contribution < 1.29 is 13.2 Å². The summed E-state index contributed by atoms with van der Waals surface area (Å²) in [5.41, 5.74) is 1.61. The van der Waals surface area contributed by atoms with Crippen LogP contribution in [0.1, 0.15) is 25.3 Å². The van der Waals surface area contributed by atoms with Crippen LogP contribution in [-0.4, -0.2) is 39.7 Å². The van der Waals surface area contributed by atoms with E-state index in [2.05, 4.69) is 21.5 Å². The Morgan fingerprint density at radius 2 is 1.85 bits per heavy atom. The minimum absolute atomic E-state index is 0.259. The van der Waals surface area contributed by atoms with E-state index in [1.807, 2.05) is 18.2 Å². The SMILES string of the molecule is CCCCc1ccc(S(=O)(=O)Nc2ccc(N3CCOCC3)nc2)cc1. The van der Waals surface area contributed by atoms with Crippen LogP contribution in [0.4, 0.5) is 11.5 Å². The molecule has 6 nitrogen and oxygen atoms in total. The first kappa shape index (κ1) is 18.7. The molecule has 0 aliphatic carbocycles. The van der Waals surface area contributed by atoms with Crippen LogP contribution in [0.3, 0.4) is 0 Å². The largest absolute Gasteiger partial charge is 0.378 e. The van der Waals surface area contributed by atoms with Crippen molar-refractivity contribution in [1.82, 2.24) is 4.98 Å². The van der Waals surface area contributed by atoms with E-state index in [1.165, 1.54) is 0 Å². The maximum atomic E-state index is 12.5. The van der Waals surface area contributed by atoms with Crippen LogP contribution in [0.25, 0.3) is 0 Å². The summed E-state index contributed by atoms with van der Waals surface area (Å²) >= 11 is 0. The number of unbranched alkanes of at least 4 members (excludes halogenated alkanes) is 1. The first-order chi connectivity index (χ1) is 12.6. The Bertz CT molecular complexity index is 799. The number of hydrogen-bond acceptors (Lipinski definition) is 5. The molecule has 2 aromatic rings. The van der Waals surface area contributed by atoms with Crippen LogP contribution in [0.5, 0.6) is 0 Å². The van der Waals surface area contributed by atoms with E-state index >= 15 is 0 Å². The number of benzene rings is 1. The van der Waals surface area contributed by atoms with Gasteiger partial charge in [-0.15, -0.1) is 0 Å². The lowest BCUT2D eigenvalue weighted by molar-refractivity contribution is 0.122. The van der Waals surface area contributed by atoms with Gasteiger partial charge in [0, 0.05) is 13.1 Å². The van der Waals surface area contributed by atoms with Gasteiger partial charge in [-0.3, -0.25) is 4.72 Å². The van der Waals surface area contributed by atoms with Crippen molar-refractivity contribution in [1.29, 1.82) is 0 Å². The van der Waals surface area contributed by atoms with E-state index in [-0.39, 0.29) is 4.90 Å². The van der Waals surface area contributed by atoms with Crippen LogP contribution in [0.2, 0.25) is 0 Å². The first-order valence-electron chi connectivity index (χ1n) is 8.99. The normalized spacial score (nSPS) is 15.0. The number of hydrogen-bond donors (Lipinski definition) is 1. The van der Waals surface area contributed by atoms with Gasteiger partial charge < -0.3 is 9.64 Å². The highest BCUT2D eigenvalue weighted by molar-refractivity contribution is 7.92. The average Bonchev–Trinajstić information content (AvgIpc) is 2.68. The number of pyridine rings is 1. The lowest BCUT2D eigenvalue weighted by Crippen LogP contribution is -2.36. The molecule has 1 aliphatic heterocycles. The van der Waals surface area contributed by atoms with E-state index < -0.39 is 10.0 Å². The van der Waals surface area contributed by atoms with Gasteiger partial charge in [0.05, 0.1) is 30.0 Å². The van der Waals surface area contributed by atoms with Crippen LogP contribution < -0.4 is 9.62 Å².